The molecule has 2 aliphatic heterocycles. The second kappa shape index (κ2) is 17.6. The molecule has 14 nitrogen and oxygen atoms in total. The Bertz CT molecular complexity index is 1470. The van der Waals surface area contributed by atoms with Crippen molar-refractivity contribution in [1.29, 1.82) is 0 Å². The van der Waals surface area contributed by atoms with Crippen molar-refractivity contribution in [3.63, 3.8) is 0 Å². The van der Waals surface area contributed by atoms with Gasteiger partial charge in [0.05, 0.1) is 26.3 Å². The minimum absolute atomic E-state index is 0.0666. The van der Waals surface area contributed by atoms with E-state index in [-0.39, 0.29) is 35.7 Å². The number of rotatable bonds is 11. The monoisotopic (exact) mass is 750 g/mol. The number of amides is 4. The number of carbonyl (C=O) groups excluding carboxylic acids is 4. The highest BCUT2D eigenvalue weighted by molar-refractivity contribution is 5.87. The van der Waals surface area contributed by atoms with Gasteiger partial charge in [-0.05, 0) is 101 Å². The average molecular weight is 751 g/mol. The first-order valence-corrected chi connectivity index (χ1v) is 20.4. The van der Waals surface area contributed by atoms with E-state index >= 15 is 0 Å². The molecule has 14 heteroatoms. The normalized spacial score (nSPS) is 27.2. The van der Waals surface area contributed by atoms with Crippen LogP contribution in [0.15, 0.2) is 12.4 Å². The quantitative estimate of drug-likeness (QED) is 0.202. The molecule has 4 heterocycles. The summed E-state index contributed by atoms with van der Waals surface area (Å²) in [6, 6.07) is -1.51. The Labute approximate surface area is 319 Å². The lowest BCUT2D eigenvalue weighted by molar-refractivity contribution is -0.136. The zero-order chi connectivity index (χ0) is 38.5. The van der Waals surface area contributed by atoms with Crippen LogP contribution in [-0.2, 0) is 19.1 Å². The number of methoxy groups -OCH3 is 2. The topological polar surface area (TPSA) is 175 Å². The number of hydrogen-bond donors (Lipinski definition) is 4. The highest BCUT2D eigenvalue weighted by Gasteiger charge is 2.40. The lowest BCUT2D eigenvalue weighted by Crippen LogP contribution is -2.51. The summed E-state index contributed by atoms with van der Waals surface area (Å²) in [4.78, 5) is 71.6. The van der Waals surface area contributed by atoms with Crippen molar-refractivity contribution in [3.05, 3.63) is 35.4 Å². The maximum atomic E-state index is 13.6. The van der Waals surface area contributed by atoms with Gasteiger partial charge in [-0.3, -0.25) is 9.59 Å². The number of aromatic nitrogens is 4. The van der Waals surface area contributed by atoms with Gasteiger partial charge < -0.3 is 39.9 Å². The second-order valence-electron chi connectivity index (χ2n) is 16.8. The van der Waals surface area contributed by atoms with Gasteiger partial charge in [0.1, 0.15) is 23.7 Å². The highest BCUT2D eigenvalue weighted by atomic mass is 16.5. The highest BCUT2D eigenvalue weighted by Crippen LogP contribution is 2.46. The molecule has 4 aliphatic rings. The maximum absolute atomic E-state index is 13.6. The molecule has 2 aromatic heterocycles. The van der Waals surface area contributed by atoms with Gasteiger partial charge in [0.15, 0.2) is 0 Å². The number of nitrogens with one attached hydrogen (secondary N) is 4. The number of aromatic amines is 2. The smallest absolute Gasteiger partial charge is 0.407 e. The third kappa shape index (κ3) is 8.72. The van der Waals surface area contributed by atoms with Gasteiger partial charge >= 0.3 is 12.2 Å². The van der Waals surface area contributed by atoms with E-state index in [1.54, 1.807) is 0 Å². The van der Waals surface area contributed by atoms with Crippen LogP contribution in [0, 0.1) is 23.7 Å². The zero-order valence-electron chi connectivity index (χ0n) is 33.1. The SMILES string of the molecule is COC(=O)NC(C(=O)N1CCCC1c1ncc(C2CCC(C3CCC(c4cnc([C@@H]5CCCN5C(=O)C(NC(=O)OC)C(C)C)[nH]4)CC3)CC2)[nH]1)C(C)C. The van der Waals surface area contributed by atoms with Crippen molar-refractivity contribution in [3.8, 4) is 0 Å². The number of alkyl carbamates (subject to hydrolysis) is 2. The molecule has 4 amide bonds. The molecule has 3 unspecified atom stereocenters. The molecule has 54 heavy (non-hydrogen) atoms. The van der Waals surface area contributed by atoms with Crippen LogP contribution in [0.4, 0.5) is 9.59 Å². The van der Waals surface area contributed by atoms with Crippen LogP contribution in [0.3, 0.4) is 0 Å². The fourth-order valence-corrected chi connectivity index (χ4v) is 9.65. The molecule has 0 bridgehead atoms. The lowest BCUT2D eigenvalue weighted by Gasteiger charge is -2.37. The molecule has 2 aliphatic carbocycles. The Morgan fingerprint density at radius 1 is 0.630 bits per heavy atom. The van der Waals surface area contributed by atoms with E-state index in [4.69, 9.17) is 19.4 Å². The largest absolute Gasteiger partial charge is 0.453 e. The Kier molecular flexibility index (Phi) is 12.9. The number of imidazole rings is 2. The van der Waals surface area contributed by atoms with Crippen LogP contribution in [0.25, 0.3) is 0 Å². The first kappa shape index (κ1) is 39.6. The molecule has 4 N–H and O–H groups in total. The molecule has 6 rings (SSSR count). The van der Waals surface area contributed by atoms with Gasteiger partial charge in [-0.2, -0.15) is 0 Å². The molecule has 2 saturated carbocycles. The van der Waals surface area contributed by atoms with Gasteiger partial charge in [-0.15, -0.1) is 0 Å². The molecule has 298 valence electrons. The number of H-pyrrole nitrogens is 2. The number of ether oxygens (including phenoxy) is 2. The van der Waals surface area contributed by atoms with Crippen LogP contribution in [-0.4, -0.2) is 93.1 Å². The number of likely N-dealkylation sites (tertiary alicyclic amines) is 2. The van der Waals surface area contributed by atoms with Crippen LogP contribution in [0.2, 0.25) is 0 Å². The van der Waals surface area contributed by atoms with Crippen LogP contribution in [0.1, 0.15) is 152 Å². The summed E-state index contributed by atoms with van der Waals surface area (Å²) in [5, 5.41) is 5.46. The molecular formula is C40H62N8O6. The summed E-state index contributed by atoms with van der Waals surface area (Å²) in [5.74, 6) is 3.78. The number of hydrogen-bond acceptors (Lipinski definition) is 8. The number of nitrogens with zero attached hydrogens (tertiary/aromatic N) is 4. The van der Waals surface area contributed by atoms with Crippen molar-refractivity contribution in [2.45, 2.75) is 141 Å². The van der Waals surface area contributed by atoms with Crippen LogP contribution < -0.4 is 10.6 Å². The van der Waals surface area contributed by atoms with E-state index in [9.17, 15) is 19.2 Å². The minimum atomic E-state index is -0.642. The van der Waals surface area contributed by atoms with Crippen molar-refractivity contribution in [2.24, 2.45) is 23.7 Å². The van der Waals surface area contributed by atoms with Crippen molar-refractivity contribution >= 4 is 24.0 Å². The Hall–Kier alpha value is -4.10. The first-order valence-electron chi connectivity index (χ1n) is 20.4. The summed E-state index contributed by atoms with van der Waals surface area (Å²) in [5.41, 5.74) is 2.35. The molecule has 4 atom stereocenters. The molecule has 2 aromatic rings. The van der Waals surface area contributed by atoms with Gasteiger partial charge in [-0.1, -0.05) is 27.7 Å². The number of carbonyl (C=O) groups is 4. The molecular weight excluding hydrogens is 688 g/mol. The predicted molar refractivity (Wildman–Crippen MR) is 202 cm³/mol. The second-order valence-corrected chi connectivity index (χ2v) is 16.8. The predicted octanol–water partition coefficient (Wildman–Crippen LogP) is 6.47. The Morgan fingerprint density at radius 2 is 1.00 bits per heavy atom. The summed E-state index contributed by atoms with van der Waals surface area (Å²) in [6.45, 7) is 9.02. The van der Waals surface area contributed by atoms with E-state index in [1.165, 1.54) is 51.3 Å². The van der Waals surface area contributed by atoms with E-state index in [2.05, 4.69) is 20.6 Å². The zero-order valence-corrected chi connectivity index (χ0v) is 33.1. The van der Waals surface area contributed by atoms with Crippen molar-refractivity contribution in [1.82, 2.24) is 40.4 Å². The lowest BCUT2D eigenvalue weighted by atomic mass is 9.68. The Morgan fingerprint density at radius 3 is 1.33 bits per heavy atom. The average Bonchev–Trinajstić information content (AvgIpc) is 4.02. The molecule has 0 aromatic carbocycles. The molecule has 0 spiro atoms. The summed E-state index contributed by atoms with van der Waals surface area (Å²) in [6.07, 6.45) is 15.8. The minimum Gasteiger partial charge on any atom is -0.453 e. The fourth-order valence-electron chi connectivity index (χ4n) is 9.65. The Balaban J connectivity index is 0.986. The van der Waals surface area contributed by atoms with Crippen molar-refractivity contribution < 1.29 is 28.7 Å². The molecule has 0 radical (unpaired) electrons. The van der Waals surface area contributed by atoms with Gasteiger partial charge in [0.2, 0.25) is 11.8 Å². The van der Waals surface area contributed by atoms with E-state index in [0.29, 0.717) is 24.9 Å². The van der Waals surface area contributed by atoms with Gasteiger partial charge in [0, 0.05) is 48.7 Å². The van der Waals surface area contributed by atoms with Crippen LogP contribution in [0.5, 0.6) is 0 Å². The standard InChI is InChI=1S/C40H62N8O6/c1-23(2)33(45-39(51)53-5)37(49)47-19-7-9-31(47)35-41-21-29(43-35)27-15-11-25(12-16-27)26-13-17-28(18-14-26)30-22-42-36(44-30)32-10-8-20-48(32)38(50)34(24(3)4)46-40(52)54-6/h21-28,31-34H,7-20H2,1-6H3,(H,41,43)(H,42,44)(H,45,51)(H,46,52)/t25?,26?,27?,28?,31-,32?,33?,34?/m0/s1. The van der Waals surface area contributed by atoms with E-state index < -0.39 is 24.3 Å². The molecule has 2 saturated heterocycles. The fraction of sp³-hybridized carbons (Fsp3) is 0.750. The third-order valence-corrected chi connectivity index (χ3v) is 12.8. The third-order valence-electron chi connectivity index (χ3n) is 12.8. The summed E-state index contributed by atoms with van der Waals surface area (Å²) < 4.78 is 9.55. The first-order chi connectivity index (χ1) is 26.0. The maximum Gasteiger partial charge on any atom is 0.407 e. The molecule has 4 fully saturated rings. The van der Waals surface area contributed by atoms with Crippen LogP contribution >= 0.6 is 0 Å². The van der Waals surface area contributed by atoms with Crippen molar-refractivity contribution in [2.75, 3.05) is 27.3 Å². The van der Waals surface area contributed by atoms with E-state index in [0.717, 1.165) is 74.9 Å². The van der Waals surface area contributed by atoms with Gasteiger partial charge in [0.25, 0.3) is 0 Å². The van der Waals surface area contributed by atoms with E-state index in [1.807, 2.05) is 49.9 Å². The summed E-state index contributed by atoms with van der Waals surface area (Å²) in [7, 11) is 2.62. The van der Waals surface area contributed by atoms with Gasteiger partial charge in [-0.25, -0.2) is 19.6 Å². The summed E-state index contributed by atoms with van der Waals surface area (Å²) >= 11 is 0.